The highest BCUT2D eigenvalue weighted by Gasteiger charge is 2.49. The van der Waals surface area contributed by atoms with E-state index in [0.29, 0.717) is 11.5 Å². The smallest absolute Gasteiger partial charge is 0.309 e. The summed E-state index contributed by atoms with van der Waals surface area (Å²) in [5.74, 6) is -0.754. The highest BCUT2D eigenvalue weighted by Crippen LogP contribution is 2.30. The molecule has 0 aliphatic carbocycles. The molecule has 2 bridgehead atoms. The third-order valence-corrected chi connectivity index (χ3v) is 3.26. The zero-order valence-corrected chi connectivity index (χ0v) is 9.83. The maximum Gasteiger partial charge on any atom is 0.418 e. The van der Waals surface area contributed by atoms with E-state index >= 15 is 0 Å². The molecule has 2 atom stereocenters. The van der Waals surface area contributed by atoms with Crippen LogP contribution in [0.25, 0.3) is 0 Å². The van der Waals surface area contributed by atoms with Crippen LogP contribution in [0.4, 0.5) is 4.79 Å². The summed E-state index contributed by atoms with van der Waals surface area (Å²) in [6.07, 6.45) is 0.573. The van der Waals surface area contributed by atoms with E-state index < -0.39 is 34.4 Å². The molecular formula is C7H11N3O7S. The molecule has 2 aliphatic heterocycles. The number of urea groups is 1. The third-order valence-electron chi connectivity index (χ3n) is 2.91. The highest BCUT2D eigenvalue weighted by atomic mass is 32.3. The molecule has 0 spiro atoms. The number of carbonyl (C=O) groups excluding carboxylic acids is 2. The average Bonchev–Trinajstić information content (AvgIpc) is 2.52. The van der Waals surface area contributed by atoms with Gasteiger partial charge in [-0.3, -0.25) is 14.6 Å². The van der Waals surface area contributed by atoms with Crippen LogP contribution in [0.5, 0.6) is 0 Å². The average molecular weight is 281 g/mol. The molecule has 0 aromatic rings. The first kappa shape index (κ1) is 13.0. The molecule has 3 N–H and O–H groups in total. The van der Waals surface area contributed by atoms with Crippen molar-refractivity contribution in [3.05, 3.63) is 0 Å². The fourth-order valence-electron chi connectivity index (χ4n) is 2.18. The number of hydrogen-bond acceptors (Lipinski definition) is 6. The van der Waals surface area contributed by atoms with Gasteiger partial charge >= 0.3 is 16.4 Å². The molecule has 18 heavy (non-hydrogen) atoms. The minimum absolute atomic E-state index is 0.0897. The molecule has 2 saturated heterocycles. The maximum absolute atomic E-state index is 11.8. The van der Waals surface area contributed by atoms with Crippen LogP contribution in [-0.4, -0.2) is 58.7 Å². The Balaban J connectivity index is 2.17. The first-order valence-electron chi connectivity index (χ1n) is 5.04. The largest absolute Gasteiger partial charge is 0.418 e. The minimum Gasteiger partial charge on any atom is -0.309 e. The number of nitrogens with one attached hydrogen (secondary N) is 1. The molecule has 0 aromatic heterocycles. The lowest BCUT2D eigenvalue weighted by molar-refractivity contribution is -0.134. The van der Waals surface area contributed by atoms with Crippen molar-refractivity contribution in [1.82, 2.24) is 15.4 Å². The summed E-state index contributed by atoms with van der Waals surface area (Å²) in [5, 5.41) is 9.06. The van der Waals surface area contributed by atoms with E-state index in [0.717, 1.165) is 4.90 Å². The summed E-state index contributed by atoms with van der Waals surface area (Å²) in [6, 6.07) is -2.28. The molecule has 0 unspecified atom stereocenters. The van der Waals surface area contributed by atoms with E-state index in [1.165, 1.54) is 5.48 Å². The molecule has 0 radical (unpaired) electrons. The van der Waals surface area contributed by atoms with E-state index in [1.54, 1.807) is 0 Å². The lowest BCUT2D eigenvalue weighted by atomic mass is 10.0. The van der Waals surface area contributed by atoms with Crippen LogP contribution < -0.4 is 5.48 Å². The van der Waals surface area contributed by atoms with Gasteiger partial charge < -0.3 is 4.90 Å². The van der Waals surface area contributed by atoms with Gasteiger partial charge in [-0.15, -0.1) is 4.28 Å². The van der Waals surface area contributed by atoms with Gasteiger partial charge in [-0.25, -0.2) is 10.3 Å². The molecular weight excluding hydrogens is 270 g/mol. The Labute approximate surface area is 102 Å². The quantitative estimate of drug-likeness (QED) is 0.325. The van der Waals surface area contributed by atoms with E-state index in [4.69, 9.17) is 9.76 Å². The van der Waals surface area contributed by atoms with Crippen molar-refractivity contribution in [2.24, 2.45) is 0 Å². The minimum atomic E-state index is -4.79. The first-order valence-corrected chi connectivity index (χ1v) is 6.41. The van der Waals surface area contributed by atoms with Gasteiger partial charge in [-0.05, 0) is 12.8 Å². The molecule has 0 saturated carbocycles. The second-order valence-electron chi connectivity index (χ2n) is 3.99. The third kappa shape index (κ3) is 2.25. The lowest BCUT2D eigenvalue weighted by Gasteiger charge is -2.28. The predicted octanol–water partition coefficient (Wildman–Crippen LogP) is -1.51. The summed E-state index contributed by atoms with van der Waals surface area (Å²) in [7, 11) is -4.79. The van der Waals surface area contributed by atoms with Gasteiger partial charge in [-0.2, -0.15) is 13.5 Å². The number of nitrogens with zero attached hydrogens (tertiary/aromatic N) is 2. The van der Waals surface area contributed by atoms with Crippen LogP contribution in [0, 0.1) is 0 Å². The highest BCUT2D eigenvalue weighted by molar-refractivity contribution is 7.80. The van der Waals surface area contributed by atoms with Gasteiger partial charge in [0.2, 0.25) is 0 Å². The Bertz CT molecular complexity index is 477. The van der Waals surface area contributed by atoms with Crippen molar-refractivity contribution in [3.8, 4) is 0 Å². The number of hydroxylamine groups is 3. The normalized spacial score (nSPS) is 27.6. The molecule has 2 heterocycles. The van der Waals surface area contributed by atoms with Crippen LogP contribution >= 0.6 is 0 Å². The molecule has 0 aromatic carbocycles. The summed E-state index contributed by atoms with van der Waals surface area (Å²) >= 11 is 0. The second-order valence-corrected chi connectivity index (χ2v) is 4.99. The van der Waals surface area contributed by atoms with Crippen LogP contribution in [0.3, 0.4) is 0 Å². The van der Waals surface area contributed by atoms with Crippen LogP contribution in [0.15, 0.2) is 0 Å². The zero-order valence-electron chi connectivity index (χ0n) is 9.01. The van der Waals surface area contributed by atoms with E-state index in [-0.39, 0.29) is 13.0 Å². The molecule has 2 rings (SSSR count). The number of carbonyl (C=O) groups is 2. The van der Waals surface area contributed by atoms with Gasteiger partial charge in [-0.1, -0.05) is 0 Å². The van der Waals surface area contributed by atoms with E-state index in [2.05, 4.69) is 4.28 Å². The van der Waals surface area contributed by atoms with Crippen molar-refractivity contribution in [2.75, 3.05) is 6.54 Å². The summed E-state index contributed by atoms with van der Waals surface area (Å²) in [5.41, 5.74) is 1.44. The molecule has 11 heteroatoms. The SMILES string of the molecule is O=C(NO)[C@@H]1CC[C@@H]2CN1C(=O)N2OS(=O)(=O)O. The Morgan fingerprint density at radius 3 is 2.67 bits per heavy atom. The number of rotatable bonds is 3. The Morgan fingerprint density at radius 1 is 1.44 bits per heavy atom. The fraction of sp³-hybridized carbons (Fsp3) is 0.714. The molecule has 2 aliphatic rings. The second kappa shape index (κ2) is 4.35. The molecule has 3 amide bonds. The Morgan fingerprint density at radius 2 is 2.11 bits per heavy atom. The predicted molar refractivity (Wildman–Crippen MR) is 53.3 cm³/mol. The number of fused-ring (bicyclic) bond motifs is 2. The zero-order chi connectivity index (χ0) is 13.5. The van der Waals surface area contributed by atoms with Crippen molar-refractivity contribution in [1.29, 1.82) is 0 Å². The van der Waals surface area contributed by atoms with Crippen molar-refractivity contribution < 1.29 is 32.1 Å². The maximum atomic E-state index is 11.8. The molecule has 10 nitrogen and oxygen atoms in total. The van der Waals surface area contributed by atoms with Gasteiger partial charge in [0, 0.05) is 6.54 Å². The van der Waals surface area contributed by atoms with Crippen molar-refractivity contribution in [3.63, 3.8) is 0 Å². The monoisotopic (exact) mass is 281 g/mol. The Kier molecular flexibility index (Phi) is 3.14. The van der Waals surface area contributed by atoms with E-state index in [1.807, 2.05) is 0 Å². The lowest BCUT2D eigenvalue weighted by Crippen LogP contribution is -2.49. The van der Waals surface area contributed by atoms with Gasteiger partial charge in [0.1, 0.15) is 6.04 Å². The molecule has 102 valence electrons. The molecule has 2 fully saturated rings. The Hall–Kier alpha value is -1.43. The standard InChI is InChI=1S/C7H11N3O7S/c11-6(8-13)5-2-1-4-3-9(5)7(12)10(4)17-18(14,15)16/h4-5,13H,1-3H2,(H,8,11)(H,14,15,16)/t4-,5+/m1/s1. The first-order chi connectivity index (χ1) is 8.33. The van der Waals surface area contributed by atoms with Gasteiger partial charge in [0.15, 0.2) is 0 Å². The fourth-order valence-corrected chi connectivity index (χ4v) is 2.57. The van der Waals surface area contributed by atoms with Crippen LogP contribution in [-0.2, 0) is 19.5 Å². The van der Waals surface area contributed by atoms with E-state index in [9.17, 15) is 18.0 Å². The summed E-state index contributed by atoms with van der Waals surface area (Å²) in [4.78, 5) is 24.2. The van der Waals surface area contributed by atoms with Gasteiger partial charge in [0.05, 0.1) is 6.04 Å². The summed E-state index contributed by atoms with van der Waals surface area (Å²) < 4.78 is 33.9. The van der Waals surface area contributed by atoms with Gasteiger partial charge in [0.25, 0.3) is 5.91 Å². The number of piperidine rings is 1. The summed E-state index contributed by atoms with van der Waals surface area (Å²) in [6.45, 7) is 0.0897. The topological polar surface area (TPSA) is 136 Å². The van der Waals surface area contributed by atoms with Crippen molar-refractivity contribution >= 4 is 22.3 Å². The number of hydrogen-bond donors (Lipinski definition) is 3. The number of amides is 3. The van der Waals surface area contributed by atoms with Crippen LogP contribution in [0.1, 0.15) is 12.8 Å². The van der Waals surface area contributed by atoms with Crippen molar-refractivity contribution in [2.45, 2.75) is 24.9 Å². The van der Waals surface area contributed by atoms with Crippen LogP contribution in [0.2, 0.25) is 0 Å².